The van der Waals surface area contributed by atoms with Crippen LogP contribution in [0.5, 0.6) is 11.5 Å². The van der Waals surface area contributed by atoms with E-state index in [-0.39, 0.29) is 37.6 Å². The Hall–Kier alpha value is -4.07. The number of carbonyl (C=O) groups is 2. The van der Waals surface area contributed by atoms with E-state index in [1.807, 2.05) is 12.1 Å². The summed E-state index contributed by atoms with van der Waals surface area (Å²) in [5, 5.41) is 2.86. The van der Waals surface area contributed by atoms with Crippen LogP contribution in [0.4, 0.5) is 14.9 Å². The van der Waals surface area contributed by atoms with Gasteiger partial charge < -0.3 is 24.4 Å². The van der Waals surface area contributed by atoms with Gasteiger partial charge >= 0.3 is 12.0 Å². The molecular formula is C28H29FN2O5. The maximum Gasteiger partial charge on any atom is 0.321 e. The quantitative estimate of drug-likeness (QED) is 0.428. The molecule has 0 bridgehead atoms. The Labute approximate surface area is 209 Å². The average molecular weight is 493 g/mol. The van der Waals surface area contributed by atoms with Gasteiger partial charge in [0.25, 0.3) is 0 Å². The van der Waals surface area contributed by atoms with Crippen molar-refractivity contribution in [2.24, 2.45) is 5.41 Å². The molecule has 1 heterocycles. The minimum Gasteiger partial charge on any atom is -0.497 e. The Bertz CT molecular complexity index is 1200. The van der Waals surface area contributed by atoms with Crippen molar-refractivity contribution in [3.63, 3.8) is 0 Å². The minimum atomic E-state index is -0.975. The molecule has 2 amide bonds. The van der Waals surface area contributed by atoms with Gasteiger partial charge in [0.2, 0.25) is 0 Å². The Morgan fingerprint density at radius 3 is 2.36 bits per heavy atom. The topological polar surface area (TPSA) is 77.1 Å². The zero-order valence-electron chi connectivity index (χ0n) is 20.3. The monoisotopic (exact) mass is 492 g/mol. The number of hydrogen-bond acceptors (Lipinski definition) is 5. The molecule has 0 aromatic heterocycles. The van der Waals surface area contributed by atoms with Crippen molar-refractivity contribution in [1.29, 1.82) is 0 Å². The van der Waals surface area contributed by atoms with E-state index in [4.69, 9.17) is 14.2 Å². The second kappa shape index (κ2) is 11.1. The molecule has 1 unspecified atom stereocenters. The third-order valence-corrected chi connectivity index (χ3v) is 6.22. The second-order valence-corrected chi connectivity index (χ2v) is 8.65. The molecule has 36 heavy (non-hydrogen) atoms. The number of rotatable bonds is 8. The molecule has 1 atom stereocenters. The fourth-order valence-electron chi connectivity index (χ4n) is 4.18. The molecule has 4 rings (SSSR count). The van der Waals surface area contributed by atoms with Crippen LogP contribution in [0.15, 0.2) is 72.8 Å². The van der Waals surface area contributed by atoms with Crippen LogP contribution in [0.25, 0.3) is 11.1 Å². The zero-order chi connectivity index (χ0) is 25.5. The van der Waals surface area contributed by atoms with E-state index in [0.29, 0.717) is 30.2 Å². The number of carbonyl (C=O) groups excluding carboxylic acids is 2. The summed E-state index contributed by atoms with van der Waals surface area (Å²) in [6.07, 6.45) is 0.422. The van der Waals surface area contributed by atoms with Gasteiger partial charge in [0, 0.05) is 24.8 Å². The van der Waals surface area contributed by atoms with E-state index >= 15 is 0 Å². The predicted molar refractivity (Wildman–Crippen MR) is 135 cm³/mol. The first-order valence-corrected chi connectivity index (χ1v) is 11.8. The lowest BCUT2D eigenvalue weighted by atomic mass is 9.88. The van der Waals surface area contributed by atoms with Gasteiger partial charge in [0.1, 0.15) is 29.3 Å². The minimum absolute atomic E-state index is 0.0741. The van der Waals surface area contributed by atoms with Crippen molar-refractivity contribution < 1.29 is 28.2 Å². The molecular weight excluding hydrogens is 463 g/mol. The number of ether oxygens (including phenoxy) is 3. The average Bonchev–Trinajstić information content (AvgIpc) is 3.35. The van der Waals surface area contributed by atoms with Crippen LogP contribution in [0.3, 0.4) is 0 Å². The summed E-state index contributed by atoms with van der Waals surface area (Å²) in [7, 11) is 1.56. The van der Waals surface area contributed by atoms with Gasteiger partial charge in [-0.25, -0.2) is 9.18 Å². The number of esters is 1. The van der Waals surface area contributed by atoms with E-state index in [2.05, 4.69) is 5.32 Å². The first-order valence-electron chi connectivity index (χ1n) is 11.8. The number of anilines is 1. The highest BCUT2D eigenvalue weighted by atomic mass is 19.1. The van der Waals surface area contributed by atoms with E-state index in [9.17, 15) is 14.0 Å². The van der Waals surface area contributed by atoms with Crippen molar-refractivity contribution >= 4 is 17.7 Å². The summed E-state index contributed by atoms with van der Waals surface area (Å²) < 4.78 is 29.8. The Morgan fingerprint density at radius 1 is 1.00 bits per heavy atom. The lowest BCUT2D eigenvalue weighted by Gasteiger charge is -2.27. The highest BCUT2D eigenvalue weighted by molar-refractivity contribution is 5.90. The van der Waals surface area contributed by atoms with Gasteiger partial charge in [-0.2, -0.15) is 0 Å². The Morgan fingerprint density at radius 2 is 1.69 bits per heavy atom. The standard InChI is InChI=1S/C28H29FN2O5/c1-3-35-26(32)28(15-16-31(18-28)27(33)30-23-5-4-6-25(17-23)34-2)19-36-24-13-9-21(10-14-24)20-7-11-22(29)12-8-20/h4-14,17H,3,15-16,18-19H2,1-2H3,(H,30,33). The van der Waals surface area contributed by atoms with Crippen LogP contribution in [0.1, 0.15) is 13.3 Å². The summed E-state index contributed by atoms with van der Waals surface area (Å²) in [6, 6.07) is 20.4. The fourth-order valence-corrected chi connectivity index (χ4v) is 4.18. The van der Waals surface area contributed by atoms with Crippen LogP contribution >= 0.6 is 0 Å². The number of nitrogens with one attached hydrogen (secondary N) is 1. The van der Waals surface area contributed by atoms with Gasteiger partial charge in [0.15, 0.2) is 0 Å². The van der Waals surface area contributed by atoms with Crippen LogP contribution in [0, 0.1) is 11.2 Å². The molecule has 188 valence electrons. The lowest BCUT2D eigenvalue weighted by molar-refractivity contribution is -0.156. The third-order valence-electron chi connectivity index (χ3n) is 6.22. The predicted octanol–water partition coefficient (Wildman–Crippen LogP) is 5.37. The smallest absolute Gasteiger partial charge is 0.321 e. The Balaban J connectivity index is 1.43. The molecule has 1 fully saturated rings. The van der Waals surface area contributed by atoms with E-state index in [1.165, 1.54) is 12.1 Å². The number of hydrogen-bond donors (Lipinski definition) is 1. The number of nitrogens with zero attached hydrogens (tertiary/aromatic N) is 1. The van der Waals surface area contributed by atoms with Gasteiger partial charge in [-0.15, -0.1) is 0 Å². The number of methoxy groups -OCH3 is 1. The van der Waals surface area contributed by atoms with Crippen molar-refractivity contribution in [1.82, 2.24) is 4.90 Å². The normalized spacial score (nSPS) is 16.9. The summed E-state index contributed by atoms with van der Waals surface area (Å²) in [5.41, 5.74) is 1.44. The van der Waals surface area contributed by atoms with Gasteiger partial charge in [-0.3, -0.25) is 4.79 Å². The molecule has 0 aliphatic carbocycles. The van der Waals surface area contributed by atoms with Crippen molar-refractivity contribution in [3.05, 3.63) is 78.6 Å². The van der Waals surface area contributed by atoms with Crippen LogP contribution < -0.4 is 14.8 Å². The largest absolute Gasteiger partial charge is 0.497 e. The number of urea groups is 1. The fraction of sp³-hybridized carbons (Fsp3) is 0.286. The molecule has 7 nitrogen and oxygen atoms in total. The molecule has 3 aromatic rings. The van der Waals surface area contributed by atoms with Gasteiger partial charge in [0.05, 0.1) is 13.7 Å². The maximum atomic E-state index is 13.2. The summed E-state index contributed by atoms with van der Waals surface area (Å²) >= 11 is 0. The van der Waals surface area contributed by atoms with Crippen LogP contribution in [0.2, 0.25) is 0 Å². The molecule has 1 saturated heterocycles. The summed E-state index contributed by atoms with van der Waals surface area (Å²) in [6.45, 7) is 2.63. The number of likely N-dealkylation sites (tertiary alicyclic amines) is 1. The van der Waals surface area contributed by atoms with Gasteiger partial charge in [-0.1, -0.05) is 30.3 Å². The molecule has 8 heteroatoms. The molecule has 1 aliphatic rings. The van der Waals surface area contributed by atoms with Gasteiger partial charge in [-0.05, 0) is 60.9 Å². The zero-order valence-corrected chi connectivity index (χ0v) is 20.3. The number of halogens is 1. The molecule has 0 radical (unpaired) electrons. The molecule has 1 N–H and O–H groups in total. The van der Waals surface area contributed by atoms with Crippen molar-refractivity contribution in [2.45, 2.75) is 13.3 Å². The van der Waals surface area contributed by atoms with Crippen LogP contribution in [-0.2, 0) is 9.53 Å². The van der Waals surface area contributed by atoms with E-state index < -0.39 is 5.41 Å². The highest BCUT2D eigenvalue weighted by Gasteiger charge is 2.48. The summed E-state index contributed by atoms with van der Waals surface area (Å²) in [4.78, 5) is 27.5. The van der Waals surface area contributed by atoms with E-state index in [0.717, 1.165) is 11.1 Å². The first kappa shape index (κ1) is 25.0. The van der Waals surface area contributed by atoms with Crippen LogP contribution in [-0.4, -0.2) is 50.3 Å². The molecule has 0 saturated carbocycles. The molecule has 3 aromatic carbocycles. The molecule has 0 spiro atoms. The summed E-state index contributed by atoms with van der Waals surface area (Å²) in [5.74, 6) is 0.549. The number of benzene rings is 3. The van der Waals surface area contributed by atoms with E-state index in [1.54, 1.807) is 67.5 Å². The van der Waals surface area contributed by atoms with Crippen molar-refractivity contribution in [3.8, 4) is 22.6 Å². The highest BCUT2D eigenvalue weighted by Crippen LogP contribution is 2.34. The number of amides is 2. The Kier molecular flexibility index (Phi) is 7.73. The third kappa shape index (κ3) is 5.76. The maximum absolute atomic E-state index is 13.2. The SMILES string of the molecule is CCOC(=O)C1(COc2ccc(-c3ccc(F)cc3)cc2)CCN(C(=O)Nc2cccc(OC)c2)C1. The van der Waals surface area contributed by atoms with Crippen molar-refractivity contribution in [2.75, 3.05) is 38.7 Å². The lowest BCUT2D eigenvalue weighted by Crippen LogP contribution is -2.43. The first-order chi connectivity index (χ1) is 17.4. The molecule has 1 aliphatic heterocycles. The second-order valence-electron chi connectivity index (χ2n) is 8.65.